The molecular weight excluding hydrogens is 247 g/mol. The predicted molar refractivity (Wildman–Crippen MR) is 87.9 cm³/mol. The third-order valence-electron chi connectivity index (χ3n) is 4.30. The molecule has 0 aromatic rings. The van der Waals surface area contributed by atoms with Gasteiger partial charge >= 0.3 is 7.12 Å². The molecule has 20 heavy (non-hydrogen) atoms. The molecule has 1 fully saturated rings. The highest BCUT2D eigenvalue weighted by Crippen LogP contribution is 2.37. The normalized spacial score (nSPS) is 23.5. The molecule has 116 valence electrons. The molecule has 1 heterocycles. The van der Waals surface area contributed by atoms with E-state index in [1.807, 2.05) is 0 Å². The Hall–Kier alpha value is -0.275. The van der Waals surface area contributed by atoms with Crippen molar-refractivity contribution in [2.45, 2.75) is 85.8 Å². The van der Waals surface area contributed by atoms with Gasteiger partial charge in [0, 0.05) is 6.32 Å². The molecule has 1 rings (SSSR count). The van der Waals surface area contributed by atoms with Crippen molar-refractivity contribution in [3.63, 3.8) is 0 Å². The van der Waals surface area contributed by atoms with Crippen LogP contribution in [0.4, 0.5) is 0 Å². The molecule has 0 radical (unpaired) electrons. The quantitative estimate of drug-likeness (QED) is 0.515. The van der Waals surface area contributed by atoms with Gasteiger partial charge in [-0.2, -0.15) is 0 Å². The van der Waals surface area contributed by atoms with E-state index in [1.165, 1.54) is 6.42 Å². The molecule has 1 aliphatic rings. The van der Waals surface area contributed by atoms with Crippen LogP contribution in [-0.2, 0) is 9.31 Å². The Kier molecular flexibility index (Phi) is 5.54. The van der Waals surface area contributed by atoms with Crippen molar-refractivity contribution in [1.29, 1.82) is 0 Å². The van der Waals surface area contributed by atoms with Gasteiger partial charge < -0.3 is 9.31 Å². The van der Waals surface area contributed by atoms with Crippen molar-refractivity contribution in [2.75, 3.05) is 0 Å². The van der Waals surface area contributed by atoms with E-state index in [-0.39, 0.29) is 18.3 Å². The third kappa shape index (κ3) is 5.25. The summed E-state index contributed by atoms with van der Waals surface area (Å²) in [6, 6.07) is 0. The minimum absolute atomic E-state index is 0.103. The molecule has 0 amide bonds. The lowest BCUT2D eigenvalue weighted by atomic mass is 9.82. The molecule has 0 aromatic carbocycles. The summed E-state index contributed by atoms with van der Waals surface area (Å²) < 4.78 is 12.0. The van der Waals surface area contributed by atoms with Crippen LogP contribution < -0.4 is 0 Å². The molecule has 0 bridgehead atoms. The fourth-order valence-electron chi connectivity index (χ4n) is 2.73. The van der Waals surface area contributed by atoms with E-state index in [1.54, 1.807) is 0 Å². The van der Waals surface area contributed by atoms with Gasteiger partial charge in [0.2, 0.25) is 0 Å². The molecule has 1 saturated heterocycles. The summed E-state index contributed by atoms with van der Waals surface area (Å²) in [6.07, 6.45) is 7.72. The molecule has 0 spiro atoms. The number of allylic oxidation sites excluding steroid dienone is 2. The third-order valence-corrected chi connectivity index (χ3v) is 4.30. The van der Waals surface area contributed by atoms with E-state index in [4.69, 9.17) is 9.31 Å². The van der Waals surface area contributed by atoms with Crippen molar-refractivity contribution >= 4 is 7.12 Å². The topological polar surface area (TPSA) is 18.5 Å². The van der Waals surface area contributed by atoms with Gasteiger partial charge in [-0.25, -0.2) is 0 Å². The number of rotatable bonds is 5. The molecule has 0 N–H and O–H groups in total. The van der Waals surface area contributed by atoms with Crippen LogP contribution in [0.1, 0.15) is 68.2 Å². The summed E-state index contributed by atoms with van der Waals surface area (Å²) >= 11 is 0. The summed E-state index contributed by atoms with van der Waals surface area (Å²) in [5.41, 5.74) is -0.0188. The summed E-state index contributed by atoms with van der Waals surface area (Å²) in [6.45, 7) is 17.6. The maximum atomic E-state index is 5.98. The maximum absolute atomic E-state index is 5.98. The van der Waals surface area contributed by atoms with E-state index in [0.29, 0.717) is 5.41 Å². The average Bonchev–Trinajstić information content (AvgIpc) is 2.40. The standard InChI is InChI=1S/C17H33BO2/c1-14(13-15(2,3)4)11-9-10-12-18-19-16(5,6)17(7,8)20-18/h9-10,14H,11-13H2,1-8H3/b10-9+. The monoisotopic (exact) mass is 280 g/mol. The van der Waals surface area contributed by atoms with Crippen LogP contribution in [0.15, 0.2) is 12.2 Å². The fraction of sp³-hybridized carbons (Fsp3) is 0.882. The second kappa shape index (κ2) is 6.23. The van der Waals surface area contributed by atoms with Crippen molar-refractivity contribution < 1.29 is 9.31 Å². The zero-order chi connectivity index (χ0) is 15.6. The number of hydrogen-bond acceptors (Lipinski definition) is 2. The van der Waals surface area contributed by atoms with Gasteiger partial charge in [-0.3, -0.25) is 0 Å². The van der Waals surface area contributed by atoms with E-state index in [0.717, 1.165) is 18.7 Å². The zero-order valence-electron chi connectivity index (χ0n) is 14.7. The lowest BCUT2D eigenvalue weighted by molar-refractivity contribution is 0.00578. The highest BCUT2D eigenvalue weighted by molar-refractivity contribution is 6.46. The molecular formula is C17H33BO2. The Morgan fingerprint density at radius 2 is 1.50 bits per heavy atom. The van der Waals surface area contributed by atoms with Gasteiger partial charge in [0.25, 0.3) is 0 Å². The highest BCUT2D eigenvalue weighted by Gasteiger charge is 2.50. The van der Waals surface area contributed by atoms with Gasteiger partial charge in [0.15, 0.2) is 0 Å². The molecule has 0 aliphatic carbocycles. The first kappa shape index (κ1) is 17.8. The first-order chi connectivity index (χ1) is 8.93. The maximum Gasteiger partial charge on any atom is 0.461 e. The van der Waals surface area contributed by atoms with Gasteiger partial charge in [-0.1, -0.05) is 39.8 Å². The lowest BCUT2D eigenvalue weighted by Crippen LogP contribution is -2.41. The zero-order valence-corrected chi connectivity index (χ0v) is 14.7. The fourth-order valence-corrected chi connectivity index (χ4v) is 2.73. The van der Waals surface area contributed by atoms with Gasteiger partial charge in [-0.05, 0) is 51.9 Å². The largest absolute Gasteiger partial charge is 0.461 e. The first-order valence-corrected chi connectivity index (χ1v) is 7.94. The minimum atomic E-state index is -0.217. The second-order valence-electron chi connectivity index (χ2n) is 8.50. The molecule has 1 aliphatic heterocycles. The number of hydrogen-bond donors (Lipinski definition) is 0. The van der Waals surface area contributed by atoms with Crippen molar-refractivity contribution in [2.24, 2.45) is 11.3 Å². The van der Waals surface area contributed by atoms with Crippen LogP contribution in [0.5, 0.6) is 0 Å². The highest BCUT2D eigenvalue weighted by atomic mass is 16.7. The molecule has 0 aromatic heterocycles. The van der Waals surface area contributed by atoms with Gasteiger partial charge in [0.1, 0.15) is 0 Å². The van der Waals surface area contributed by atoms with Crippen molar-refractivity contribution in [3.8, 4) is 0 Å². The van der Waals surface area contributed by atoms with Crippen LogP contribution in [-0.4, -0.2) is 18.3 Å². The van der Waals surface area contributed by atoms with E-state index < -0.39 is 0 Å². The summed E-state index contributed by atoms with van der Waals surface area (Å²) in [5, 5.41) is 0. The van der Waals surface area contributed by atoms with Gasteiger partial charge in [0.05, 0.1) is 11.2 Å². The lowest BCUT2D eigenvalue weighted by Gasteiger charge is -2.32. The molecule has 1 unspecified atom stereocenters. The van der Waals surface area contributed by atoms with Crippen LogP contribution in [0.25, 0.3) is 0 Å². The van der Waals surface area contributed by atoms with Crippen LogP contribution >= 0.6 is 0 Å². The predicted octanol–water partition coefficient (Wildman–Crippen LogP) is 5.10. The Morgan fingerprint density at radius 1 is 1.00 bits per heavy atom. The Labute approximate surface area is 126 Å². The minimum Gasteiger partial charge on any atom is -0.403 e. The van der Waals surface area contributed by atoms with E-state index >= 15 is 0 Å². The van der Waals surface area contributed by atoms with Crippen LogP contribution in [0.3, 0.4) is 0 Å². The first-order valence-electron chi connectivity index (χ1n) is 7.94. The molecule has 2 nitrogen and oxygen atoms in total. The summed E-state index contributed by atoms with van der Waals surface area (Å²) in [4.78, 5) is 0. The molecule has 1 atom stereocenters. The van der Waals surface area contributed by atoms with Crippen LogP contribution in [0.2, 0.25) is 6.32 Å². The second-order valence-corrected chi connectivity index (χ2v) is 8.50. The summed E-state index contributed by atoms with van der Waals surface area (Å²) in [5.74, 6) is 0.726. The van der Waals surface area contributed by atoms with E-state index in [2.05, 4.69) is 67.5 Å². The smallest absolute Gasteiger partial charge is 0.403 e. The average molecular weight is 280 g/mol. The molecule has 3 heteroatoms. The Bertz CT molecular complexity index is 323. The van der Waals surface area contributed by atoms with Crippen molar-refractivity contribution in [1.82, 2.24) is 0 Å². The van der Waals surface area contributed by atoms with E-state index in [9.17, 15) is 0 Å². The summed E-state index contributed by atoms with van der Waals surface area (Å²) in [7, 11) is -0.103. The Balaban J connectivity index is 2.33. The van der Waals surface area contributed by atoms with Gasteiger partial charge in [-0.15, -0.1) is 0 Å². The van der Waals surface area contributed by atoms with Crippen LogP contribution in [0, 0.1) is 11.3 Å². The SMILES string of the molecule is CC(C/C=C/CB1OC(C)(C)C(C)(C)O1)CC(C)(C)C. The van der Waals surface area contributed by atoms with Crippen molar-refractivity contribution in [3.05, 3.63) is 12.2 Å². The Morgan fingerprint density at radius 3 is 1.95 bits per heavy atom. The molecule has 0 saturated carbocycles.